The molecule has 0 radical (unpaired) electrons. The van der Waals surface area contributed by atoms with Crippen LogP contribution in [0.2, 0.25) is 0 Å². The van der Waals surface area contributed by atoms with Crippen molar-refractivity contribution in [3.8, 4) is 0 Å². The fourth-order valence-corrected chi connectivity index (χ4v) is 2.53. The standard InChI is InChI=1S/C13H22N2O2S/c1-5-13(10(2)3)15-11-6-8-12(9-7-11)18(16,17)14-4/h6-10,13-15H,5H2,1-4H3. The summed E-state index contributed by atoms with van der Waals surface area (Å²) in [6.45, 7) is 6.47. The van der Waals surface area contributed by atoms with Crippen LogP contribution in [0.5, 0.6) is 0 Å². The van der Waals surface area contributed by atoms with Gasteiger partial charge in [0.2, 0.25) is 10.0 Å². The molecule has 1 aromatic carbocycles. The van der Waals surface area contributed by atoms with Crippen molar-refractivity contribution in [2.45, 2.75) is 38.1 Å². The van der Waals surface area contributed by atoms with Crippen molar-refractivity contribution in [1.29, 1.82) is 0 Å². The van der Waals surface area contributed by atoms with Crippen molar-refractivity contribution in [2.24, 2.45) is 5.92 Å². The van der Waals surface area contributed by atoms with E-state index < -0.39 is 10.0 Å². The summed E-state index contributed by atoms with van der Waals surface area (Å²) in [5.74, 6) is 0.538. The molecule has 0 fully saturated rings. The van der Waals surface area contributed by atoms with Crippen LogP contribution in [0.25, 0.3) is 0 Å². The van der Waals surface area contributed by atoms with Crippen molar-refractivity contribution < 1.29 is 8.42 Å². The Balaban J connectivity index is 2.84. The zero-order chi connectivity index (χ0) is 13.8. The van der Waals surface area contributed by atoms with Gasteiger partial charge in [0.25, 0.3) is 0 Å². The molecule has 0 heterocycles. The fraction of sp³-hybridized carbons (Fsp3) is 0.538. The Bertz CT molecular complexity index is 466. The van der Waals surface area contributed by atoms with Gasteiger partial charge >= 0.3 is 0 Å². The van der Waals surface area contributed by atoms with Crippen LogP contribution in [0.1, 0.15) is 27.2 Å². The lowest BCUT2D eigenvalue weighted by atomic mass is 10.0. The molecule has 0 aliphatic carbocycles. The Kier molecular flexibility index (Phi) is 5.16. The van der Waals surface area contributed by atoms with E-state index in [0.29, 0.717) is 12.0 Å². The Labute approximate surface area is 110 Å². The summed E-state index contributed by atoms with van der Waals surface area (Å²) >= 11 is 0. The Morgan fingerprint density at radius 2 is 1.72 bits per heavy atom. The van der Waals surface area contributed by atoms with Crippen molar-refractivity contribution in [1.82, 2.24) is 4.72 Å². The summed E-state index contributed by atoms with van der Waals surface area (Å²) in [5, 5.41) is 3.41. The van der Waals surface area contributed by atoms with E-state index in [9.17, 15) is 8.42 Å². The second-order valence-electron chi connectivity index (χ2n) is 4.64. The van der Waals surface area contributed by atoms with Crippen molar-refractivity contribution in [3.63, 3.8) is 0 Å². The molecule has 0 bridgehead atoms. The molecule has 1 unspecified atom stereocenters. The van der Waals surface area contributed by atoms with Gasteiger partial charge in [-0.05, 0) is 43.7 Å². The van der Waals surface area contributed by atoms with Crippen molar-refractivity contribution in [2.75, 3.05) is 12.4 Å². The normalized spacial score (nSPS) is 13.6. The number of sulfonamides is 1. The highest BCUT2D eigenvalue weighted by Crippen LogP contribution is 2.17. The number of hydrogen-bond donors (Lipinski definition) is 2. The van der Waals surface area contributed by atoms with E-state index in [4.69, 9.17) is 0 Å². The van der Waals surface area contributed by atoms with Crippen molar-refractivity contribution >= 4 is 15.7 Å². The predicted octanol–water partition coefficient (Wildman–Crippen LogP) is 2.44. The number of anilines is 1. The molecule has 0 saturated heterocycles. The molecule has 18 heavy (non-hydrogen) atoms. The smallest absolute Gasteiger partial charge is 0.240 e. The van der Waals surface area contributed by atoms with Crippen LogP contribution in [0.15, 0.2) is 29.2 Å². The first-order valence-corrected chi connectivity index (χ1v) is 7.69. The molecule has 0 aliphatic heterocycles. The summed E-state index contributed by atoms with van der Waals surface area (Å²) in [7, 11) is -1.93. The second kappa shape index (κ2) is 6.20. The van der Waals surface area contributed by atoms with E-state index in [2.05, 4.69) is 30.8 Å². The van der Waals surface area contributed by atoms with Gasteiger partial charge in [-0.2, -0.15) is 0 Å². The van der Waals surface area contributed by atoms with Gasteiger partial charge in [0, 0.05) is 11.7 Å². The lowest BCUT2D eigenvalue weighted by Gasteiger charge is -2.22. The second-order valence-corrected chi connectivity index (χ2v) is 6.52. The highest BCUT2D eigenvalue weighted by Gasteiger charge is 2.13. The maximum Gasteiger partial charge on any atom is 0.240 e. The predicted molar refractivity (Wildman–Crippen MR) is 75.2 cm³/mol. The van der Waals surface area contributed by atoms with Gasteiger partial charge in [-0.15, -0.1) is 0 Å². The molecule has 0 aliphatic rings. The Hall–Kier alpha value is -1.07. The van der Waals surface area contributed by atoms with Crippen LogP contribution in [0.4, 0.5) is 5.69 Å². The molecule has 2 N–H and O–H groups in total. The summed E-state index contributed by atoms with van der Waals surface area (Å²) in [5.41, 5.74) is 0.950. The zero-order valence-corrected chi connectivity index (χ0v) is 12.2. The maximum atomic E-state index is 11.6. The van der Waals surface area contributed by atoms with Crippen LogP contribution in [0, 0.1) is 5.92 Å². The van der Waals surface area contributed by atoms with E-state index in [1.54, 1.807) is 24.3 Å². The van der Waals surface area contributed by atoms with E-state index in [1.165, 1.54) is 7.05 Å². The monoisotopic (exact) mass is 270 g/mol. The molecule has 1 atom stereocenters. The molecule has 0 saturated carbocycles. The van der Waals surface area contributed by atoms with Gasteiger partial charge in [-0.1, -0.05) is 20.8 Å². The molecule has 1 aromatic rings. The molecule has 0 aromatic heterocycles. The third-order valence-electron chi connectivity index (χ3n) is 3.03. The van der Waals surface area contributed by atoms with Crippen LogP contribution in [-0.2, 0) is 10.0 Å². The maximum absolute atomic E-state index is 11.6. The van der Waals surface area contributed by atoms with Gasteiger partial charge in [0.15, 0.2) is 0 Å². The molecule has 0 spiro atoms. The third kappa shape index (κ3) is 3.71. The zero-order valence-electron chi connectivity index (χ0n) is 11.4. The molecule has 1 rings (SSSR count). The van der Waals surface area contributed by atoms with Crippen LogP contribution >= 0.6 is 0 Å². The Morgan fingerprint density at radius 3 is 2.11 bits per heavy atom. The summed E-state index contributed by atoms with van der Waals surface area (Å²) < 4.78 is 25.4. The summed E-state index contributed by atoms with van der Waals surface area (Å²) in [6.07, 6.45) is 1.04. The third-order valence-corrected chi connectivity index (χ3v) is 4.46. The SMILES string of the molecule is CCC(Nc1ccc(S(=O)(=O)NC)cc1)C(C)C. The minimum absolute atomic E-state index is 0.285. The minimum Gasteiger partial charge on any atom is -0.382 e. The van der Waals surface area contributed by atoms with Gasteiger partial charge < -0.3 is 5.32 Å². The molecule has 0 amide bonds. The van der Waals surface area contributed by atoms with E-state index in [1.807, 2.05) is 0 Å². The topological polar surface area (TPSA) is 58.2 Å². The van der Waals surface area contributed by atoms with Crippen LogP contribution < -0.4 is 10.0 Å². The Morgan fingerprint density at radius 1 is 1.17 bits per heavy atom. The van der Waals surface area contributed by atoms with Crippen LogP contribution in [-0.4, -0.2) is 21.5 Å². The summed E-state index contributed by atoms with van der Waals surface area (Å²) in [4.78, 5) is 0.285. The van der Waals surface area contributed by atoms with Gasteiger partial charge in [0.05, 0.1) is 4.90 Å². The van der Waals surface area contributed by atoms with Crippen LogP contribution in [0.3, 0.4) is 0 Å². The number of hydrogen-bond acceptors (Lipinski definition) is 3. The first-order valence-electron chi connectivity index (χ1n) is 6.21. The molecular formula is C13H22N2O2S. The highest BCUT2D eigenvalue weighted by atomic mass is 32.2. The van der Waals surface area contributed by atoms with E-state index in [-0.39, 0.29) is 4.90 Å². The van der Waals surface area contributed by atoms with Gasteiger partial charge in [-0.25, -0.2) is 13.1 Å². The molecular weight excluding hydrogens is 248 g/mol. The number of rotatable bonds is 6. The largest absolute Gasteiger partial charge is 0.382 e. The van der Waals surface area contributed by atoms with E-state index in [0.717, 1.165) is 12.1 Å². The molecule has 4 nitrogen and oxygen atoms in total. The quantitative estimate of drug-likeness (QED) is 0.834. The first kappa shape index (κ1) is 15.0. The average molecular weight is 270 g/mol. The summed E-state index contributed by atoms with van der Waals surface area (Å²) in [6, 6.07) is 7.23. The highest BCUT2D eigenvalue weighted by molar-refractivity contribution is 7.89. The number of benzene rings is 1. The fourth-order valence-electron chi connectivity index (χ4n) is 1.80. The van der Waals surface area contributed by atoms with Gasteiger partial charge in [0.1, 0.15) is 0 Å². The average Bonchev–Trinajstić information content (AvgIpc) is 2.36. The lowest BCUT2D eigenvalue weighted by molar-refractivity contribution is 0.511. The first-order chi connectivity index (χ1) is 8.40. The molecule has 102 valence electrons. The minimum atomic E-state index is -3.34. The van der Waals surface area contributed by atoms with Gasteiger partial charge in [-0.3, -0.25) is 0 Å². The van der Waals surface area contributed by atoms with E-state index >= 15 is 0 Å². The molecule has 5 heteroatoms. The van der Waals surface area contributed by atoms with Crippen molar-refractivity contribution in [3.05, 3.63) is 24.3 Å². The lowest BCUT2D eigenvalue weighted by Crippen LogP contribution is -2.24. The number of nitrogens with one attached hydrogen (secondary N) is 2.